The molecule has 0 radical (unpaired) electrons. The Morgan fingerprint density at radius 2 is 2.05 bits per heavy atom. The van der Waals surface area contributed by atoms with Gasteiger partial charge in [-0.2, -0.15) is 4.31 Å². The molecule has 4 nitrogen and oxygen atoms in total. The average Bonchev–Trinajstić information content (AvgIpc) is 2.30. The zero-order valence-corrected chi connectivity index (χ0v) is 12.1. The number of sulfonamides is 1. The molecular formula is C11H14F2N2O2S2. The number of hydrogen-bond acceptors (Lipinski definition) is 3. The SMILES string of the molecule is CC(CC(N)=S)N(C)S(=O)(=O)c1cc(F)ccc1F. The van der Waals surface area contributed by atoms with E-state index in [-0.39, 0.29) is 11.4 Å². The summed E-state index contributed by atoms with van der Waals surface area (Å²) in [4.78, 5) is -0.556. The second-order valence-electron chi connectivity index (χ2n) is 4.12. The molecule has 2 N–H and O–H groups in total. The highest BCUT2D eigenvalue weighted by atomic mass is 32.2. The molecule has 0 aliphatic rings. The predicted molar refractivity (Wildman–Crippen MR) is 72.2 cm³/mol. The molecule has 1 atom stereocenters. The molecule has 106 valence electrons. The van der Waals surface area contributed by atoms with E-state index in [4.69, 9.17) is 18.0 Å². The summed E-state index contributed by atoms with van der Waals surface area (Å²) < 4.78 is 51.8. The fraction of sp³-hybridized carbons (Fsp3) is 0.364. The van der Waals surface area contributed by atoms with Crippen molar-refractivity contribution >= 4 is 27.2 Å². The summed E-state index contributed by atoms with van der Waals surface area (Å²) in [7, 11) is -2.87. The fourth-order valence-electron chi connectivity index (χ4n) is 1.49. The molecule has 0 aromatic heterocycles. The number of halogens is 2. The molecule has 0 saturated heterocycles. The van der Waals surface area contributed by atoms with Crippen LogP contribution in [-0.2, 0) is 10.0 Å². The quantitative estimate of drug-likeness (QED) is 0.840. The Labute approximate surface area is 116 Å². The summed E-state index contributed by atoms with van der Waals surface area (Å²) in [5.41, 5.74) is 5.34. The Bertz CT molecular complexity index is 590. The van der Waals surface area contributed by atoms with E-state index < -0.39 is 32.6 Å². The van der Waals surface area contributed by atoms with Crippen LogP contribution in [0.5, 0.6) is 0 Å². The van der Waals surface area contributed by atoms with Gasteiger partial charge in [-0.3, -0.25) is 0 Å². The molecule has 0 aliphatic heterocycles. The lowest BCUT2D eigenvalue weighted by molar-refractivity contribution is 0.393. The van der Waals surface area contributed by atoms with Crippen LogP contribution >= 0.6 is 12.2 Å². The van der Waals surface area contributed by atoms with Crippen molar-refractivity contribution in [3.63, 3.8) is 0 Å². The smallest absolute Gasteiger partial charge is 0.246 e. The van der Waals surface area contributed by atoms with Gasteiger partial charge in [-0.1, -0.05) is 12.2 Å². The maximum atomic E-state index is 13.5. The second kappa shape index (κ2) is 5.89. The molecule has 0 amide bonds. The Morgan fingerprint density at radius 1 is 1.47 bits per heavy atom. The van der Waals surface area contributed by atoms with Crippen molar-refractivity contribution in [3.8, 4) is 0 Å². The molecule has 0 fully saturated rings. The topological polar surface area (TPSA) is 63.4 Å². The van der Waals surface area contributed by atoms with Gasteiger partial charge in [0.15, 0.2) is 0 Å². The number of benzene rings is 1. The lowest BCUT2D eigenvalue weighted by Crippen LogP contribution is -2.37. The number of rotatable bonds is 5. The summed E-state index contributed by atoms with van der Waals surface area (Å²) >= 11 is 4.70. The maximum absolute atomic E-state index is 13.5. The first-order valence-corrected chi connectivity index (χ1v) is 7.22. The van der Waals surface area contributed by atoms with Gasteiger partial charge in [0.25, 0.3) is 0 Å². The van der Waals surface area contributed by atoms with E-state index >= 15 is 0 Å². The zero-order chi connectivity index (χ0) is 14.8. The van der Waals surface area contributed by atoms with E-state index in [0.717, 1.165) is 16.4 Å². The average molecular weight is 308 g/mol. The van der Waals surface area contributed by atoms with Crippen molar-refractivity contribution in [3.05, 3.63) is 29.8 Å². The number of thiocarbonyl (C=S) groups is 1. The normalized spacial score (nSPS) is 13.5. The second-order valence-corrected chi connectivity index (χ2v) is 6.61. The minimum atomic E-state index is -4.13. The minimum absolute atomic E-state index is 0.147. The number of nitrogens with zero attached hydrogens (tertiary/aromatic N) is 1. The highest BCUT2D eigenvalue weighted by Gasteiger charge is 2.28. The molecule has 8 heteroatoms. The van der Waals surface area contributed by atoms with Crippen LogP contribution in [0.3, 0.4) is 0 Å². The van der Waals surface area contributed by atoms with Crippen molar-refractivity contribution in [2.75, 3.05) is 7.05 Å². The number of nitrogens with two attached hydrogens (primary N) is 1. The van der Waals surface area contributed by atoms with E-state index in [9.17, 15) is 17.2 Å². The summed E-state index contributed by atoms with van der Waals surface area (Å²) in [6.45, 7) is 1.58. The minimum Gasteiger partial charge on any atom is -0.393 e. The largest absolute Gasteiger partial charge is 0.393 e. The molecular weight excluding hydrogens is 294 g/mol. The Kier molecular flexibility index (Phi) is 4.94. The van der Waals surface area contributed by atoms with Gasteiger partial charge in [0.1, 0.15) is 16.5 Å². The van der Waals surface area contributed by atoms with Crippen molar-refractivity contribution in [2.24, 2.45) is 5.73 Å². The Balaban J connectivity index is 3.16. The van der Waals surface area contributed by atoms with Crippen LogP contribution in [-0.4, -0.2) is 30.8 Å². The van der Waals surface area contributed by atoms with E-state index in [1.165, 1.54) is 7.05 Å². The third kappa shape index (κ3) is 3.68. The van der Waals surface area contributed by atoms with Gasteiger partial charge in [-0.25, -0.2) is 17.2 Å². The van der Waals surface area contributed by atoms with Gasteiger partial charge in [0, 0.05) is 19.5 Å². The Morgan fingerprint density at radius 3 is 2.58 bits per heavy atom. The van der Waals surface area contributed by atoms with Gasteiger partial charge < -0.3 is 5.73 Å². The molecule has 0 saturated carbocycles. The standard InChI is InChI=1S/C11H14F2N2O2S2/c1-7(5-11(14)18)15(2)19(16,17)10-6-8(12)3-4-9(10)13/h3-4,6-7H,5H2,1-2H3,(H2,14,18). The first-order chi connectivity index (χ1) is 8.66. The third-order valence-electron chi connectivity index (χ3n) is 2.67. The van der Waals surface area contributed by atoms with Crippen molar-refractivity contribution in [1.82, 2.24) is 4.31 Å². The van der Waals surface area contributed by atoms with E-state index in [1.807, 2.05) is 0 Å². The van der Waals surface area contributed by atoms with Crippen molar-refractivity contribution in [2.45, 2.75) is 24.3 Å². The summed E-state index contributed by atoms with van der Waals surface area (Å²) in [6, 6.07) is 1.72. The van der Waals surface area contributed by atoms with Crippen LogP contribution in [0.15, 0.2) is 23.1 Å². The van der Waals surface area contributed by atoms with Crippen LogP contribution in [0.2, 0.25) is 0 Å². The lowest BCUT2D eigenvalue weighted by atomic mass is 10.2. The maximum Gasteiger partial charge on any atom is 0.246 e. The van der Waals surface area contributed by atoms with Gasteiger partial charge in [0.05, 0.1) is 4.99 Å². The first-order valence-electron chi connectivity index (χ1n) is 5.37. The van der Waals surface area contributed by atoms with Crippen LogP contribution in [0.4, 0.5) is 8.78 Å². The van der Waals surface area contributed by atoms with Crippen LogP contribution in [0.1, 0.15) is 13.3 Å². The molecule has 1 aromatic carbocycles. The van der Waals surface area contributed by atoms with Crippen LogP contribution < -0.4 is 5.73 Å². The highest BCUT2D eigenvalue weighted by molar-refractivity contribution is 7.89. The van der Waals surface area contributed by atoms with Gasteiger partial charge in [-0.15, -0.1) is 0 Å². The molecule has 0 bridgehead atoms. The molecule has 19 heavy (non-hydrogen) atoms. The monoisotopic (exact) mass is 308 g/mol. The molecule has 1 unspecified atom stereocenters. The molecule has 0 aliphatic carbocycles. The van der Waals surface area contributed by atoms with E-state index in [2.05, 4.69) is 0 Å². The molecule has 1 rings (SSSR count). The highest BCUT2D eigenvalue weighted by Crippen LogP contribution is 2.21. The first kappa shape index (κ1) is 15.9. The third-order valence-corrected chi connectivity index (χ3v) is 4.82. The summed E-state index contributed by atoms with van der Waals surface area (Å²) in [5, 5.41) is 0. The molecule has 1 aromatic rings. The summed E-state index contributed by atoms with van der Waals surface area (Å²) in [5.74, 6) is -1.83. The Hall–Kier alpha value is -1.12. The molecule has 0 spiro atoms. The predicted octanol–water partition coefficient (Wildman–Crippen LogP) is 1.65. The van der Waals surface area contributed by atoms with Gasteiger partial charge in [0.2, 0.25) is 10.0 Å². The van der Waals surface area contributed by atoms with Gasteiger partial charge >= 0.3 is 0 Å². The zero-order valence-electron chi connectivity index (χ0n) is 10.4. The van der Waals surface area contributed by atoms with Crippen molar-refractivity contribution < 1.29 is 17.2 Å². The van der Waals surface area contributed by atoms with E-state index in [1.54, 1.807) is 6.92 Å². The number of hydrogen-bond donors (Lipinski definition) is 1. The fourth-order valence-corrected chi connectivity index (χ4v) is 3.16. The van der Waals surface area contributed by atoms with Gasteiger partial charge in [-0.05, 0) is 25.1 Å². The van der Waals surface area contributed by atoms with Crippen LogP contribution in [0.25, 0.3) is 0 Å². The van der Waals surface area contributed by atoms with Crippen LogP contribution in [0, 0.1) is 11.6 Å². The van der Waals surface area contributed by atoms with Crippen molar-refractivity contribution in [1.29, 1.82) is 0 Å². The lowest BCUT2D eigenvalue weighted by Gasteiger charge is -2.24. The molecule has 0 heterocycles. The van der Waals surface area contributed by atoms with E-state index in [0.29, 0.717) is 6.07 Å². The summed E-state index contributed by atoms with van der Waals surface area (Å²) in [6.07, 6.45) is 0.155.